The van der Waals surface area contributed by atoms with E-state index >= 15 is 0 Å². The zero-order chi connectivity index (χ0) is 19.8. The summed E-state index contributed by atoms with van der Waals surface area (Å²) in [6.45, 7) is 10.2. The van der Waals surface area contributed by atoms with Crippen LogP contribution in [0.4, 0.5) is 0 Å². The molecule has 160 valence electrons. The Kier molecular flexibility index (Phi) is 23.5. The fraction of sp³-hybridized carbons (Fsp3) is 0.960. The summed E-state index contributed by atoms with van der Waals surface area (Å²) >= 11 is 0. The second-order valence-electron chi connectivity index (χ2n) is 8.50. The summed E-state index contributed by atoms with van der Waals surface area (Å²) in [6, 6.07) is 0. The first-order chi connectivity index (χ1) is 13.3. The van der Waals surface area contributed by atoms with E-state index in [0.29, 0.717) is 0 Å². The Hall–Kier alpha value is -0.265. The van der Waals surface area contributed by atoms with Gasteiger partial charge < -0.3 is 0 Å². The van der Waals surface area contributed by atoms with Gasteiger partial charge in [-0.15, -0.1) is 0 Å². The molecule has 0 heterocycles. The Balaban J connectivity index is 3.23. The molecule has 0 aliphatic heterocycles. The van der Waals surface area contributed by atoms with Gasteiger partial charge in [-0.25, -0.2) is 0 Å². The normalized spacial score (nSPS) is 11.6. The SMILES string of the molecule is CB=C(CCCCCCCCCCCCCCCCC)NCCCCCC. The third-order valence-electron chi connectivity index (χ3n) is 5.78. The molecule has 27 heavy (non-hydrogen) atoms. The maximum absolute atomic E-state index is 3.64. The summed E-state index contributed by atoms with van der Waals surface area (Å²) in [5.74, 6) is 0. The minimum absolute atomic E-state index is 1.17. The molecule has 0 radical (unpaired) electrons. The van der Waals surface area contributed by atoms with Crippen LogP contribution in [-0.2, 0) is 0 Å². The van der Waals surface area contributed by atoms with Gasteiger partial charge in [0.1, 0.15) is 0 Å². The van der Waals surface area contributed by atoms with Crippen molar-refractivity contribution in [3.05, 3.63) is 0 Å². The van der Waals surface area contributed by atoms with Gasteiger partial charge in [0.25, 0.3) is 0 Å². The van der Waals surface area contributed by atoms with Gasteiger partial charge in [0, 0.05) is 0 Å². The number of rotatable bonds is 22. The van der Waals surface area contributed by atoms with Crippen molar-refractivity contribution in [1.82, 2.24) is 5.32 Å². The van der Waals surface area contributed by atoms with Crippen LogP contribution in [-0.4, -0.2) is 19.1 Å². The average Bonchev–Trinajstić information content (AvgIpc) is 2.69. The van der Waals surface area contributed by atoms with Gasteiger partial charge in [0.2, 0.25) is 0 Å². The quantitative estimate of drug-likeness (QED) is 0.148. The van der Waals surface area contributed by atoms with Gasteiger partial charge in [-0.05, 0) is 0 Å². The Morgan fingerprint density at radius 3 is 1.30 bits per heavy atom. The molecule has 0 spiro atoms. The van der Waals surface area contributed by atoms with Crippen LogP contribution in [0.5, 0.6) is 0 Å². The van der Waals surface area contributed by atoms with Gasteiger partial charge in [0.15, 0.2) is 0 Å². The third kappa shape index (κ3) is 21.9. The first kappa shape index (κ1) is 26.7. The summed E-state index contributed by atoms with van der Waals surface area (Å²) < 4.78 is 0. The summed E-state index contributed by atoms with van der Waals surface area (Å²) in [7, 11) is 0. The summed E-state index contributed by atoms with van der Waals surface area (Å²) in [5.41, 5.74) is 1.47. The minimum atomic E-state index is 1.17. The van der Waals surface area contributed by atoms with Crippen molar-refractivity contribution in [2.75, 3.05) is 6.54 Å². The van der Waals surface area contributed by atoms with E-state index in [1.54, 1.807) is 0 Å². The van der Waals surface area contributed by atoms with E-state index < -0.39 is 0 Å². The number of unbranched alkanes of at least 4 members (excludes halogenated alkanes) is 17. The molecule has 0 bridgehead atoms. The van der Waals surface area contributed by atoms with Crippen LogP contribution in [0.15, 0.2) is 0 Å². The van der Waals surface area contributed by atoms with Crippen LogP contribution in [0.1, 0.15) is 142 Å². The van der Waals surface area contributed by atoms with E-state index in [2.05, 4.69) is 32.9 Å². The second kappa shape index (κ2) is 23.8. The van der Waals surface area contributed by atoms with Gasteiger partial charge in [0.05, 0.1) is 0 Å². The Bertz CT molecular complexity index is 301. The Labute approximate surface area is 173 Å². The Morgan fingerprint density at radius 2 is 0.889 bits per heavy atom. The van der Waals surface area contributed by atoms with E-state index in [4.69, 9.17) is 0 Å². The molecule has 0 fully saturated rings. The molecule has 0 aromatic heterocycles. The van der Waals surface area contributed by atoms with Crippen molar-refractivity contribution in [3.8, 4) is 0 Å². The predicted octanol–water partition coefficient (Wildman–Crippen LogP) is 8.30. The van der Waals surface area contributed by atoms with Crippen molar-refractivity contribution >= 4 is 12.5 Å². The van der Waals surface area contributed by atoms with Crippen molar-refractivity contribution in [2.45, 2.75) is 149 Å². The number of hydrogen-bond donors (Lipinski definition) is 1. The van der Waals surface area contributed by atoms with Gasteiger partial charge >= 0.3 is 134 Å². The van der Waals surface area contributed by atoms with Crippen LogP contribution in [0.2, 0.25) is 6.82 Å². The molecule has 2 heteroatoms. The molecule has 0 rings (SSSR count). The van der Waals surface area contributed by atoms with E-state index in [9.17, 15) is 0 Å². The van der Waals surface area contributed by atoms with Crippen molar-refractivity contribution in [3.63, 3.8) is 0 Å². The van der Waals surface area contributed by atoms with Crippen LogP contribution in [0.3, 0.4) is 0 Å². The van der Waals surface area contributed by atoms with E-state index in [-0.39, 0.29) is 0 Å². The molecule has 0 saturated heterocycles. The predicted molar refractivity (Wildman–Crippen MR) is 128 cm³/mol. The zero-order valence-electron chi connectivity index (χ0n) is 19.4. The van der Waals surface area contributed by atoms with Crippen molar-refractivity contribution in [1.29, 1.82) is 0 Å². The topological polar surface area (TPSA) is 12.0 Å². The van der Waals surface area contributed by atoms with Crippen molar-refractivity contribution in [2.24, 2.45) is 0 Å². The standard InChI is InChI=1S/C25H52BN/c1-4-6-8-10-11-12-13-14-15-16-17-18-19-20-21-23-25(26-3)27-24-22-9-7-5-2/h27H,4-24H2,1-3H3. The molecule has 0 saturated carbocycles. The molecule has 0 atom stereocenters. The first-order valence-corrected chi connectivity index (χ1v) is 12.7. The van der Waals surface area contributed by atoms with Gasteiger partial charge in [-0.2, -0.15) is 0 Å². The molecule has 0 aliphatic carbocycles. The zero-order valence-corrected chi connectivity index (χ0v) is 19.4. The van der Waals surface area contributed by atoms with Crippen LogP contribution in [0, 0.1) is 0 Å². The van der Waals surface area contributed by atoms with Crippen LogP contribution < -0.4 is 5.32 Å². The van der Waals surface area contributed by atoms with Gasteiger partial charge in [-0.3, -0.25) is 0 Å². The van der Waals surface area contributed by atoms with Gasteiger partial charge in [-0.1, -0.05) is 39.0 Å². The third-order valence-corrected chi connectivity index (χ3v) is 5.78. The second-order valence-corrected chi connectivity index (χ2v) is 8.50. The molecule has 0 aromatic rings. The summed E-state index contributed by atoms with van der Waals surface area (Å²) in [4.78, 5) is 0. The molecule has 1 nitrogen and oxygen atoms in total. The molecular formula is C25H52BN. The fourth-order valence-corrected chi connectivity index (χ4v) is 3.82. The van der Waals surface area contributed by atoms with Crippen LogP contribution in [0.25, 0.3) is 0 Å². The summed E-state index contributed by atoms with van der Waals surface area (Å²) in [6.07, 6.45) is 28.3. The molecule has 1 N–H and O–H groups in total. The fourth-order valence-electron chi connectivity index (χ4n) is 3.82. The van der Waals surface area contributed by atoms with E-state index in [1.807, 2.05) is 0 Å². The molecule has 0 unspecified atom stereocenters. The van der Waals surface area contributed by atoms with E-state index in [1.165, 1.54) is 141 Å². The van der Waals surface area contributed by atoms with Crippen LogP contribution >= 0.6 is 0 Å². The number of nitrogens with one attached hydrogen (secondary N) is 1. The first-order valence-electron chi connectivity index (χ1n) is 12.7. The monoisotopic (exact) mass is 377 g/mol. The average molecular weight is 378 g/mol. The molecular weight excluding hydrogens is 325 g/mol. The number of hydrogen-bond acceptors (Lipinski definition) is 1. The molecule has 0 aromatic carbocycles. The molecule has 0 amide bonds. The van der Waals surface area contributed by atoms with Crippen molar-refractivity contribution < 1.29 is 0 Å². The van der Waals surface area contributed by atoms with E-state index in [0.717, 1.165) is 0 Å². The Morgan fingerprint density at radius 1 is 0.519 bits per heavy atom. The molecule has 0 aliphatic rings. The maximum atomic E-state index is 3.64. The summed E-state index contributed by atoms with van der Waals surface area (Å²) in [5, 5.41) is 3.64.